The van der Waals surface area contributed by atoms with Gasteiger partial charge in [0.25, 0.3) is 0 Å². The molecule has 0 saturated heterocycles. The summed E-state index contributed by atoms with van der Waals surface area (Å²) in [5.41, 5.74) is 1.45. The monoisotopic (exact) mass is 281 g/mol. The Morgan fingerprint density at radius 1 is 1.31 bits per heavy atom. The van der Waals surface area contributed by atoms with Gasteiger partial charge in [0.2, 0.25) is 0 Å². The van der Waals surface area contributed by atoms with Gasteiger partial charge in [-0.2, -0.15) is 0 Å². The molecule has 1 saturated carbocycles. The van der Waals surface area contributed by atoms with Gasteiger partial charge in [0, 0.05) is 10.5 Å². The molecule has 0 bridgehead atoms. The van der Waals surface area contributed by atoms with Crippen LogP contribution in [0.25, 0.3) is 0 Å². The summed E-state index contributed by atoms with van der Waals surface area (Å²) in [5, 5.41) is 3.68. The zero-order valence-corrected chi connectivity index (χ0v) is 11.5. The van der Waals surface area contributed by atoms with Gasteiger partial charge in [-0.05, 0) is 55.8 Å². The summed E-state index contributed by atoms with van der Waals surface area (Å²) in [7, 11) is 0. The average Bonchev–Trinajstić information content (AvgIpc) is 3.11. The van der Waals surface area contributed by atoms with Crippen LogP contribution in [0.2, 0.25) is 0 Å². The summed E-state index contributed by atoms with van der Waals surface area (Å²) >= 11 is 3.48. The van der Waals surface area contributed by atoms with Crippen molar-refractivity contribution in [3.63, 3.8) is 0 Å². The van der Waals surface area contributed by atoms with Crippen molar-refractivity contribution in [1.82, 2.24) is 5.32 Å². The van der Waals surface area contributed by atoms with Gasteiger partial charge in [0.15, 0.2) is 0 Å². The van der Waals surface area contributed by atoms with Gasteiger partial charge in [0.05, 0.1) is 0 Å². The van der Waals surface area contributed by atoms with Gasteiger partial charge in [-0.15, -0.1) is 0 Å². The molecule has 1 atom stereocenters. The molecular formula is C14H20BrN. The lowest BCUT2D eigenvalue weighted by molar-refractivity contribution is 0.460. The molecule has 1 aliphatic carbocycles. The maximum atomic E-state index is 3.68. The lowest BCUT2D eigenvalue weighted by Gasteiger charge is -2.18. The van der Waals surface area contributed by atoms with Crippen LogP contribution in [-0.2, 0) is 6.42 Å². The molecule has 88 valence electrons. The molecule has 1 N–H and O–H groups in total. The summed E-state index contributed by atoms with van der Waals surface area (Å²) in [5.74, 6) is 0.926. The molecule has 1 aromatic carbocycles. The zero-order valence-electron chi connectivity index (χ0n) is 9.88. The van der Waals surface area contributed by atoms with Crippen LogP contribution in [0, 0.1) is 5.92 Å². The van der Waals surface area contributed by atoms with E-state index in [-0.39, 0.29) is 0 Å². The van der Waals surface area contributed by atoms with Crippen molar-refractivity contribution in [2.75, 3.05) is 6.54 Å². The molecule has 0 aliphatic heterocycles. The Bertz CT molecular complexity index is 316. The molecule has 2 heteroatoms. The van der Waals surface area contributed by atoms with Crippen LogP contribution in [-0.4, -0.2) is 12.6 Å². The predicted octanol–water partition coefficient (Wildman–Crippen LogP) is 3.77. The van der Waals surface area contributed by atoms with E-state index >= 15 is 0 Å². The molecule has 1 unspecified atom stereocenters. The minimum atomic E-state index is 0.695. The molecule has 1 aliphatic rings. The molecule has 16 heavy (non-hydrogen) atoms. The number of benzene rings is 1. The van der Waals surface area contributed by atoms with Crippen LogP contribution in [0.1, 0.15) is 31.7 Å². The third-order valence-corrected chi connectivity index (χ3v) is 3.75. The zero-order chi connectivity index (χ0) is 11.4. The lowest BCUT2D eigenvalue weighted by atomic mass is 10.0. The van der Waals surface area contributed by atoms with E-state index in [0.717, 1.165) is 12.5 Å². The van der Waals surface area contributed by atoms with E-state index in [2.05, 4.69) is 52.4 Å². The summed E-state index contributed by atoms with van der Waals surface area (Å²) in [4.78, 5) is 0. The Labute approximate surface area is 107 Å². The number of halogens is 1. The second-order valence-electron chi connectivity index (χ2n) is 4.73. The van der Waals surface area contributed by atoms with Crippen molar-refractivity contribution in [1.29, 1.82) is 0 Å². The van der Waals surface area contributed by atoms with Crippen LogP contribution in [0.15, 0.2) is 28.7 Å². The van der Waals surface area contributed by atoms with Crippen LogP contribution in [0.3, 0.4) is 0 Å². The first kappa shape index (κ1) is 12.1. The molecule has 0 amide bonds. The van der Waals surface area contributed by atoms with Crippen LogP contribution in [0.4, 0.5) is 0 Å². The van der Waals surface area contributed by atoms with E-state index in [1.807, 2.05) is 0 Å². The summed E-state index contributed by atoms with van der Waals surface area (Å²) in [6.45, 7) is 3.38. The van der Waals surface area contributed by atoms with Gasteiger partial charge in [-0.25, -0.2) is 0 Å². The maximum Gasteiger partial charge on any atom is 0.0175 e. The van der Waals surface area contributed by atoms with Crippen LogP contribution >= 0.6 is 15.9 Å². The molecule has 0 heterocycles. The minimum absolute atomic E-state index is 0.695. The largest absolute Gasteiger partial charge is 0.313 e. The van der Waals surface area contributed by atoms with E-state index in [1.54, 1.807) is 0 Å². The van der Waals surface area contributed by atoms with Crippen molar-refractivity contribution >= 4 is 15.9 Å². The van der Waals surface area contributed by atoms with Crippen molar-refractivity contribution in [2.24, 2.45) is 5.92 Å². The van der Waals surface area contributed by atoms with Gasteiger partial charge in [-0.3, -0.25) is 0 Å². The van der Waals surface area contributed by atoms with E-state index < -0.39 is 0 Å². The first-order valence-electron chi connectivity index (χ1n) is 6.27. The van der Waals surface area contributed by atoms with E-state index in [0.29, 0.717) is 6.04 Å². The summed E-state index contributed by atoms with van der Waals surface area (Å²) in [6, 6.07) is 9.43. The van der Waals surface area contributed by atoms with E-state index in [4.69, 9.17) is 0 Å². The first-order valence-corrected chi connectivity index (χ1v) is 7.06. The Morgan fingerprint density at radius 3 is 2.56 bits per heavy atom. The fourth-order valence-electron chi connectivity index (χ4n) is 2.11. The molecule has 0 spiro atoms. The van der Waals surface area contributed by atoms with Crippen LogP contribution in [0.5, 0.6) is 0 Å². The molecule has 0 aromatic heterocycles. The molecular weight excluding hydrogens is 262 g/mol. The molecule has 1 fully saturated rings. The highest BCUT2D eigenvalue weighted by Gasteiger charge is 2.30. The van der Waals surface area contributed by atoms with Crippen molar-refractivity contribution in [3.05, 3.63) is 34.3 Å². The van der Waals surface area contributed by atoms with E-state index in [1.165, 1.54) is 35.7 Å². The third kappa shape index (κ3) is 3.60. The van der Waals surface area contributed by atoms with Crippen molar-refractivity contribution < 1.29 is 0 Å². The number of nitrogens with one attached hydrogen (secondary N) is 1. The number of hydrogen-bond acceptors (Lipinski definition) is 1. The smallest absolute Gasteiger partial charge is 0.0175 e. The minimum Gasteiger partial charge on any atom is -0.313 e. The fourth-order valence-corrected chi connectivity index (χ4v) is 2.37. The normalized spacial score (nSPS) is 17.4. The maximum absolute atomic E-state index is 3.68. The van der Waals surface area contributed by atoms with Gasteiger partial charge in [0.1, 0.15) is 0 Å². The summed E-state index contributed by atoms with van der Waals surface area (Å²) in [6.07, 6.45) is 5.23. The highest BCUT2D eigenvalue weighted by Crippen LogP contribution is 2.34. The molecule has 2 rings (SSSR count). The molecule has 1 aromatic rings. The van der Waals surface area contributed by atoms with Gasteiger partial charge in [-0.1, -0.05) is 35.0 Å². The van der Waals surface area contributed by atoms with Crippen molar-refractivity contribution in [3.8, 4) is 0 Å². The second-order valence-corrected chi connectivity index (χ2v) is 5.64. The Balaban J connectivity index is 1.91. The third-order valence-electron chi connectivity index (χ3n) is 3.22. The average molecular weight is 282 g/mol. The Hall–Kier alpha value is -0.340. The quantitative estimate of drug-likeness (QED) is 0.837. The number of hydrogen-bond donors (Lipinski definition) is 1. The van der Waals surface area contributed by atoms with Crippen LogP contribution < -0.4 is 5.32 Å². The SMILES string of the molecule is CCCNC(Cc1ccc(Br)cc1)C1CC1. The fraction of sp³-hybridized carbons (Fsp3) is 0.571. The number of rotatable bonds is 6. The first-order chi connectivity index (χ1) is 7.79. The lowest BCUT2D eigenvalue weighted by Crippen LogP contribution is -2.33. The highest BCUT2D eigenvalue weighted by molar-refractivity contribution is 9.10. The van der Waals surface area contributed by atoms with Crippen molar-refractivity contribution in [2.45, 2.75) is 38.6 Å². The Morgan fingerprint density at radius 2 is 2.00 bits per heavy atom. The standard InChI is InChI=1S/C14H20BrN/c1-2-9-16-14(12-5-6-12)10-11-3-7-13(15)8-4-11/h3-4,7-8,12,14,16H,2,5-6,9-10H2,1H3. The topological polar surface area (TPSA) is 12.0 Å². The Kier molecular flexibility index (Phi) is 4.42. The molecule has 0 radical (unpaired) electrons. The predicted molar refractivity (Wildman–Crippen MR) is 72.7 cm³/mol. The van der Waals surface area contributed by atoms with Gasteiger partial charge >= 0.3 is 0 Å². The van der Waals surface area contributed by atoms with E-state index in [9.17, 15) is 0 Å². The summed E-state index contributed by atoms with van der Waals surface area (Å²) < 4.78 is 1.17. The highest BCUT2D eigenvalue weighted by atomic mass is 79.9. The van der Waals surface area contributed by atoms with Gasteiger partial charge < -0.3 is 5.32 Å². The molecule has 1 nitrogen and oxygen atoms in total. The second kappa shape index (κ2) is 5.83.